The molecule has 1 aromatic heterocycles. The lowest BCUT2D eigenvalue weighted by molar-refractivity contribution is 0.395. The number of hydrogen-bond acceptors (Lipinski definition) is 4. The highest BCUT2D eigenvalue weighted by Gasteiger charge is 2.18. The summed E-state index contributed by atoms with van der Waals surface area (Å²) in [6, 6.07) is 4.29. The highest BCUT2D eigenvalue weighted by atomic mass is 16.5. The molecule has 78 valence electrons. The van der Waals surface area contributed by atoms with Crippen LogP contribution in [0.5, 0.6) is 5.88 Å². The summed E-state index contributed by atoms with van der Waals surface area (Å²) in [6.45, 7) is 1.04. The van der Waals surface area contributed by atoms with Crippen molar-refractivity contribution in [2.75, 3.05) is 13.7 Å². The molecule has 4 heteroatoms. The first kappa shape index (κ1) is 9.94. The summed E-state index contributed by atoms with van der Waals surface area (Å²) in [4.78, 5) is 4.13. The molecule has 0 aromatic carbocycles. The van der Waals surface area contributed by atoms with Crippen molar-refractivity contribution in [3.05, 3.63) is 23.4 Å². The van der Waals surface area contributed by atoms with Gasteiger partial charge in [0.25, 0.3) is 0 Å². The van der Waals surface area contributed by atoms with Crippen molar-refractivity contribution in [1.82, 2.24) is 10.3 Å². The van der Waals surface area contributed by atoms with Crippen LogP contribution in [0.4, 0.5) is 0 Å². The van der Waals surface area contributed by atoms with E-state index in [4.69, 9.17) is 10.00 Å². The Kier molecular flexibility index (Phi) is 2.84. The largest absolute Gasteiger partial charge is 0.480 e. The number of ether oxygens (including phenoxy) is 1. The molecule has 4 nitrogen and oxygen atoms in total. The van der Waals surface area contributed by atoms with Crippen LogP contribution in [-0.2, 0) is 0 Å². The number of pyridine rings is 1. The molecule has 15 heavy (non-hydrogen) atoms. The Morgan fingerprint density at radius 2 is 2.53 bits per heavy atom. The lowest BCUT2D eigenvalue weighted by atomic mass is 10.1. The number of nitrogens with zero attached hydrogens (tertiary/aromatic N) is 2. The Bertz CT molecular complexity index is 391. The first-order valence-corrected chi connectivity index (χ1v) is 5.02. The second kappa shape index (κ2) is 4.28. The van der Waals surface area contributed by atoms with E-state index >= 15 is 0 Å². The zero-order valence-corrected chi connectivity index (χ0v) is 8.66. The summed E-state index contributed by atoms with van der Waals surface area (Å²) >= 11 is 0. The van der Waals surface area contributed by atoms with Gasteiger partial charge in [0.05, 0.1) is 7.11 Å². The average molecular weight is 203 g/mol. The fourth-order valence-corrected chi connectivity index (χ4v) is 1.87. The Hall–Kier alpha value is -1.60. The van der Waals surface area contributed by atoms with Gasteiger partial charge in [-0.2, -0.15) is 5.26 Å². The van der Waals surface area contributed by atoms with Crippen molar-refractivity contribution in [3.63, 3.8) is 0 Å². The molecular formula is C11H13N3O. The SMILES string of the molecule is COc1ncc(C2CCCN2)cc1C#N. The summed E-state index contributed by atoms with van der Waals surface area (Å²) in [5, 5.41) is 12.3. The van der Waals surface area contributed by atoms with E-state index in [1.54, 1.807) is 6.20 Å². The maximum atomic E-state index is 8.93. The van der Waals surface area contributed by atoms with Crippen LogP contribution >= 0.6 is 0 Å². The van der Waals surface area contributed by atoms with Gasteiger partial charge >= 0.3 is 0 Å². The summed E-state index contributed by atoms with van der Waals surface area (Å²) in [5.41, 5.74) is 1.58. The maximum Gasteiger partial charge on any atom is 0.231 e. The van der Waals surface area contributed by atoms with Gasteiger partial charge in [0.1, 0.15) is 11.6 Å². The summed E-state index contributed by atoms with van der Waals surface area (Å²) < 4.78 is 5.00. The van der Waals surface area contributed by atoms with Crippen molar-refractivity contribution in [2.24, 2.45) is 0 Å². The molecular weight excluding hydrogens is 190 g/mol. The lowest BCUT2D eigenvalue weighted by Gasteiger charge is -2.11. The van der Waals surface area contributed by atoms with Crippen molar-refractivity contribution in [2.45, 2.75) is 18.9 Å². The van der Waals surface area contributed by atoms with E-state index in [0.29, 0.717) is 17.5 Å². The molecule has 0 radical (unpaired) electrons. The van der Waals surface area contributed by atoms with E-state index in [9.17, 15) is 0 Å². The number of nitrogens with one attached hydrogen (secondary N) is 1. The third-order valence-electron chi connectivity index (χ3n) is 2.65. The minimum absolute atomic E-state index is 0.343. The predicted molar refractivity (Wildman–Crippen MR) is 55.5 cm³/mol. The summed E-state index contributed by atoms with van der Waals surface area (Å²) in [6.07, 6.45) is 4.07. The number of methoxy groups -OCH3 is 1. The van der Waals surface area contributed by atoms with Gasteiger partial charge in [-0.1, -0.05) is 0 Å². The summed E-state index contributed by atoms with van der Waals surface area (Å²) in [7, 11) is 1.52. The van der Waals surface area contributed by atoms with Gasteiger partial charge in [-0.15, -0.1) is 0 Å². The molecule has 0 saturated carbocycles. The van der Waals surface area contributed by atoms with E-state index < -0.39 is 0 Å². The fraction of sp³-hybridized carbons (Fsp3) is 0.455. The third-order valence-corrected chi connectivity index (χ3v) is 2.65. The van der Waals surface area contributed by atoms with Gasteiger partial charge in [0, 0.05) is 12.2 Å². The molecule has 2 rings (SSSR count). The molecule has 1 aliphatic heterocycles. The molecule has 1 atom stereocenters. The molecule has 0 spiro atoms. The second-order valence-corrected chi connectivity index (χ2v) is 3.59. The molecule has 0 bridgehead atoms. The van der Waals surface area contributed by atoms with Crippen LogP contribution in [0.2, 0.25) is 0 Å². The van der Waals surface area contributed by atoms with Crippen LogP contribution in [0.1, 0.15) is 30.0 Å². The normalized spacial score (nSPS) is 19.9. The maximum absolute atomic E-state index is 8.93. The molecule has 1 fully saturated rings. The third kappa shape index (κ3) is 1.92. The first-order chi connectivity index (χ1) is 7.35. The molecule has 2 heterocycles. The second-order valence-electron chi connectivity index (χ2n) is 3.59. The average Bonchev–Trinajstić information content (AvgIpc) is 2.81. The van der Waals surface area contributed by atoms with E-state index in [2.05, 4.69) is 16.4 Å². The topological polar surface area (TPSA) is 57.9 Å². The van der Waals surface area contributed by atoms with Gasteiger partial charge < -0.3 is 10.1 Å². The van der Waals surface area contributed by atoms with Gasteiger partial charge in [-0.05, 0) is 31.0 Å². The quantitative estimate of drug-likeness (QED) is 0.789. The Morgan fingerprint density at radius 1 is 1.67 bits per heavy atom. The van der Waals surface area contributed by atoms with E-state index in [1.165, 1.54) is 13.5 Å². The summed E-state index contributed by atoms with van der Waals surface area (Å²) in [5.74, 6) is 0.402. The zero-order valence-electron chi connectivity index (χ0n) is 8.66. The number of hydrogen-bond donors (Lipinski definition) is 1. The first-order valence-electron chi connectivity index (χ1n) is 5.02. The van der Waals surface area contributed by atoms with Crippen LogP contribution in [-0.4, -0.2) is 18.6 Å². The highest BCUT2D eigenvalue weighted by Crippen LogP contribution is 2.25. The lowest BCUT2D eigenvalue weighted by Crippen LogP contribution is -2.13. The van der Waals surface area contributed by atoms with Gasteiger partial charge in [0.15, 0.2) is 0 Å². The Balaban J connectivity index is 2.30. The van der Waals surface area contributed by atoms with Crippen molar-refractivity contribution in [3.8, 4) is 11.9 Å². The molecule has 1 saturated heterocycles. The molecule has 1 aromatic rings. The Morgan fingerprint density at radius 3 is 3.13 bits per heavy atom. The van der Waals surface area contributed by atoms with Gasteiger partial charge in [-0.3, -0.25) is 0 Å². The van der Waals surface area contributed by atoms with Gasteiger partial charge in [-0.25, -0.2) is 4.98 Å². The Labute approximate surface area is 88.9 Å². The standard InChI is InChI=1S/C11H13N3O/c1-15-11-8(6-12)5-9(7-14-11)10-3-2-4-13-10/h5,7,10,13H,2-4H2,1H3. The molecule has 1 aliphatic rings. The smallest absolute Gasteiger partial charge is 0.231 e. The van der Waals surface area contributed by atoms with E-state index in [-0.39, 0.29) is 0 Å². The zero-order chi connectivity index (χ0) is 10.7. The predicted octanol–water partition coefficient (Wildman–Crippen LogP) is 1.39. The van der Waals surface area contributed by atoms with Crippen LogP contribution < -0.4 is 10.1 Å². The number of rotatable bonds is 2. The molecule has 1 unspecified atom stereocenters. The minimum atomic E-state index is 0.343. The van der Waals surface area contributed by atoms with Gasteiger partial charge in [0.2, 0.25) is 5.88 Å². The van der Waals surface area contributed by atoms with Crippen LogP contribution in [0.15, 0.2) is 12.3 Å². The van der Waals surface area contributed by atoms with Crippen LogP contribution in [0.25, 0.3) is 0 Å². The molecule has 1 N–H and O–H groups in total. The number of nitriles is 1. The van der Waals surface area contributed by atoms with Crippen LogP contribution in [0, 0.1) is 11.3 Å². The number of aromatic nitrogens is 1. The monoisotopic (exact) mass is 203 g/mol. The molecule has 0 amide bonds. The fourth-order valence-electron chi connectivity index (χ4n) is 1.87. The minimum Gasteiger partial charge on any atom is -0.480 e. The van der Waals surface area contributed by atoms with Crippen molar-refractivity contribution >= 4 is 0 Å². The van der Waals surface area contributed by atoms with E-state index in [0.717, 1.165) is 18.5 Å². The van der Waals surface area contributed by atoms with Crippen LogP contribution in [0.3, 0.4) is 0 Å². The van der Waals surface area contributed by atoms with Crippen molar-refractivity contribution in [1.29, 1.82) is 5.26 Å². The highest BCUT2D eigenvalue weighted by molar-refractivity contribution is 5.40. The molecule has 0 aliphatic carbocycles. The van der Waals surface area contributed by atoms with E-state index in [1.807, 2.05) is 6.07 Å². The van der Waals surface area contributed by atoms with Crippen molar-refractivity contribution < 1.29 is 4.74 Å².